The zero-order valence-electron chi connectivity index (χ0n) is 10.7. The quantitative estimate of drug-likeness (QED) is 0.601. The summed E-state index contributed by atoms with van der Waals surface area (Å²) in [5.41, 5.74) is 0.648. The van der Waals surface area contributed by atoms with Crippen LogP contribution < -0.4 is 0 Å². The van der Waals surface area contributed by atoms with E-state index in [1.807, 2.05) is 0 Å². The van der Waals surface area contributed by atoms with Crippen molar-refractivity contribution in [1.82, 2.24) is 0 Å². The van der Waals surface area contributed by atoms with Crippen molar-refractivity contribution in [2.24, 2.45) is 0 Å². The minimum atomic E-state index is -0.509. The van der Waals surface area contributed by atoms with E-state index >= 15 is 0 Å². The van der Waals surface area contributed by atoms with Crippen LogP contribution in [0.25, 0.3) is 10.1 Å². The largest absolute Gasteiger partial charge is 0.293 e. The van der Waals surface area contributed by atoms with Gasteiger partial charge in [-0.05, 0) is 41.3 Å². The van der Waals surface area contributed by atoms with Gasteiger partial charge in [0, 0.05) is 11.1 Å². The van der Waals surface area contributed by atoms with Crippen LogP contribution in [0.1, 0.15) is 15.2 Å². The zero-order valence-corrected chi connectivity index (χ0v) is 12.3. The number of Topliss-reactive ketones (excluding diaryl/α,β-unsaturated/α-hetero) is 1. The second kappa shape index (κ2) is 5.54. The average Bonchev–Trinajstić information content (AvgIpc) is 2.86. The lowest BCUT2D eigenvalue weighted by Gasteiger charge is -2.01. The van der Waals surface area contributed by atoms with E-state index in [4.69, 9.17) is 11.6 Å². The fourth-order valence-electron chi connectivity index (χ4n) is 2.06. The van der Waals surface area contributed by atoms with Crippen LogP contribution in [-0.4, -0.2) is 5.78 Å². The zero-order chi connectivity index (χ0) is 15.0. The summed E-state index contributed by atoms with van der Waals surface area (Å²) in [6, 6.07) is 10.4. The number of thiophene rings is 1. The van der Waals surface area contributed by atoms with E-state index in [0.717, 1.165) is 10.1 Å². The van der Waals surface area contributed by atoms with Gasteiger partial charge in [0.1, 0.15) is 11.6 Å². The third kappa shape index (κ3) is 2.96. The Kier molecular flexibility index (Phi) is 3.74. The standard InChI is InChI=1S/C16H9ClF2OS/c17-12-5-9(1-4-13(12)19)6-14(20)16-7-10-2-3-11(18)8-15(10)21-16/h1-5,7-8H,6H2. The van der Waals surface area contributed by atoms with Gasteiger partial charge < -0.3 is 0 Å². The number of halogens is 3. The van der Waals surface area contributed by atoms with Gasteiger partial charge in [0.15, 0.2) is 5.78 Å². The molecule has 2 aromatic carbocycles. The monoisotopic (exact) mass is 322 g/mol. The number of fused-ring (bicyclic) bond motifs is 1. The first kappa shape index (κ1) is 14.2. The molecule has 0 aliphatic rings. The predicted molar refractivity (Wildman–Crippen MR) is 81.2 cm³/mol. The maximum atomic E-state index is 13.1. The van der Waals surface area contributed by atoms with Crippen molar-refractivity contribution in [2.45, 2.75) is 6.42 Å². The highest BCUT2D eigenvalue weighted by atomic mass is 35.5. The second-order valence-corrected chi connectivity index (χ2v) is 6.13. The summed E-state index contributed by atoms with van der Waals surface area (Å²) < 4.78 is 27.0. The minimum absolute atomic E-state index is 0.00119. The Hall–Kier alpha value is -1.78. The van der Waals surface area contributed by atoms with Gasteiger partial charge in [-0.15, -0.1) is 11.3 Å². The first-order valence-electron chi connectivity index (χ1n) is 6.19. The molecule has 0 spiro atoms. The smallest absolute Gasteiger partial charge is 0.177 e. The first-order valence-corrected chi connectivity index (χ1v) is 7.38. The topological polar surface area (TPSA) is 17.1 Å². The molecule has 0 bridgehead atoms. The van der Waals surface area contributed by atoms with Gasteiger partial charge in [0.05, 0.1) is 9.90 Å². The molecule has 1 heterocycles. The van der Waals surface area contributed by atoms with E-state index < -0.39 is 5.82 Å². The molecule has 0 fully saturated rings. The van der Waals surface area contributed by atoms with Crippen molar-refractivity contribution in [3.63, 3.8) is 0 Å². The molecule has 5 heteroatoms. The molecule has 0 saturated heterocycles. The van der Waals surface area contributed by atoms with Gasteiger partial charge in [0.25, 0.3) is 0 Å². The predicted octanol–water partition coefficient (Wildman–Crippen LogP) is 5.26. The molecule has 0 unspecified atom stereocenters. The SMILES string of the molecule is O=C(Cc1ccc(F)c(Cl)c1)c1cc2ccc(F)cc2s1. The van der Waals surface area contributed by atoms with Crippen LogP contribution in [-0.2, 0) is 6.42 Å². The second-order valence-electron chi connectivity index (χ2n) is 4.64. The number of benzene rings is 2. The number of hydrogen-bond donors (Lipinski definition) is 0. The average molecular weight is 323 g/mol. The summed E-state index contributed by atoms with van der Waals surface area (Å²) in [5, 5.41) is 0.834. The maximum Gasteiger partial charge on any atom is 0.177 e. The molecule has 21 heavy (non-hydrogen) atoms. The number of carbonyl (C=O) groups excluding carboxylic acids is 1. The van der Waals surface area contributed by atoms with Gasteiger partial charge in [0.2, 0.25) is 0 Å². The third-order valence-electron chi connectivity index (χ3n) is 3.11. The van der Waals surface area contributed by atoms with Crippen molar-refractivity contribution in [3.8, 4) is 0 Å². The van der Waals surface area contributed by atoms with Crippen molar-refractivity contribution < 1.29 is 13.6 Å². The van der Waals surface area contributed by atoms with E-state index in [1.54, 1.807) is 12.1 Å². The Labute approximate surface area is 128 Å². The molecule has 0 aliphatic carbocycles. The number of hydrogen-bond acceptors (Lipinski definition) is 2. The lowest BCUT2D eigenvalue weighted by molar-refractivity contribution is 0.0997. The summed E-state index contributed by atoms with van der Waals surface area (Å²) in [5.74, 6) is -0.932. The van der Waals surface area contributed by atoms with Gasteiger partial charge in [-0.2, -0.15) is 0 Å². The first-order chi connectivity index (χ1) is 10.0. The number of rotatable bonds is 3. The molecule has 3 rings (SSSR count). The molecule has 3 aromatic rings. The van der Waals surface area contributed by atoms with E-state index in [1.165, 1.54) is 41.7 Å². The van der Waals surface area contributed by atoms with Crippen molar-refractivity contribution in [3.05, 3.63) is 69.6 Å². The van der Waals surface area contributed by atoms with Crippen LogP contribution >= 0.6 is 22.9 Å². The van der Waals surface area contributed by atoms with Crippen molar-refractivity contribution in [2.75, 3.05) is 0 Å². The molecule has 0 radical (unpaired) electrons. The van der Waals surface area contributed by atoms with E-state index in [0.29, 0.717) is 10.4 Å². The molecule has 0 aliphatic heterocycles. The molecular weight excluding hydrogens is 314 g/mol. The van der Waals surface area contributed by atoms with Crippen LogP contribution in [0, 0.1) is 11.6 Å². The van der Waals surface area contributed by atoms with Crippen LogP contribution in [0.4, 0.5) is 8.78 Å². The molecule has 0 atom stereocenters. The Balaban J connectivity index is 1.87. The summed E-state index contributed by atoms with van der Waals surface area (Å²) in [7, 11) is 0. The Morgan fingerprint density at radius 3 is 2.67 bits per heavy atom. The van der Waals surface area contributed by atoms with Gasteiger partial charge in [-0.25, -0.2) is 8.78 Å². The molecular formula is C16H9ClF2OS. The van der Waals surface area contributed by atoms with E-state index in [9.17, 15) is 13.6 Å². The minimum Gasteiger partial charge on any atom is -0.293 e. The number of carbonyl (C=O) groups is 1. The molecule has 1 aromatic heterocycles. The van der Waals surface area contributed by atoms with Gasteiger partial charge in [-0.1, -0.05) is 23.7 Å². The van der Waals surface area contributed by atoms with Gasteiger partial charge >= 0.3 is 0 Å². The van der Waals surface area contributed by atoms with Crippen LogP contribution in [0.15, 0.2) is 42.5 Å². The van der Waals surface area contributed by atoms with E-state index in [-0.39, 0.29) is 23.0 Å². The lowest BCUT2D eigenvalue weighted by Crippen LogP contribution is -2.01. The lowest BCUT2D eigenvalue weighted by atomic mass is 10.1. The number of ketones is 1. The Morgan fingerprint density at radius 2 is 1.90 bits per heavy atom. The van der Waals surface area contributed by atoms with E-state index in [2.05, 4.69) is 0 Å². The third-order valence-corrected chi connectivity index (χ3v) is 4.53. The van der Waals surface area contributed by atoms with Crippen LogP contribution in [0.3, 0.4) is 0 Å². The normalized spacial score (nSPS) is 11.0. The molecule has 0 saturated carbocycles. The fraction of sp³-hybridized carbons (Fsp3) is 0.0625. The highest BCUT2D eigenvalue weighted by Crippen LogP contribution is 2.27. The maximum absolute atomic E-state index is 13.1. The summed E-state index contributed by atoms with van der Waals surface area (Å²) in [4.78, 5) is 12.8. The van der Waals surface area contributed by atoms with Gasteiger partial charge in [-0.3, -0.25) is 4.79 Å². The summed E-state index contributed by atoms with van der Waals surface area (Å²) >= 11 is 6.95. The van der Waals surface area contributed by atoms with Crippen LogP contribution in [0.2, 0.25) is 5.02 Å². The Bertz CT molecular complexity index is 841. The van der Waals surface area contributed by atoms with Crippen molar-refractivity contribution in [1.29, 1.82) is 0 Å². The highest BCUT2D eigenvalue weighted by Gasteiger charge is 2.12. The molecule has 0 amide bonds. The molecule has 106 valence electrons. The summed E-state index contributed by atoms with van der Waals surface area (Å²) in [6.07, 6.45) is 0.134. The Morgan fingerprint density at radius 1 is 1.10 bits per heavy atom. The molecule has 1 nitrogen and oxygen atoms in total. The summed E-state index contributed by atoms with van der Waals surface area (Å²) in [6.45, 7) is 0. The highest BCUT2D eigenvalue weighted by molar-refractivity contribution is 7.20. The fourth-order valence-corrected chi connectivity index (χ4v) is 3.29. The van der Waals surface area contributed by atoms with Crippen molar-refractivity contribution >= 4 is 38.8 Å². The van der Waals surface area contributed by atoms with Crippen LogP contribution in [0.5, 0.6) is 0 Å². The molecule has 0 N–H and O–H groups in total.